The molecule has 2 saturated heterocycles. The Morgan fingerprint density at radius 3 is 2.67 bits per heavy atom. The van der Waals surface area contributed by atoms with Crippen molar-refractivity contribution in [3.63, 3.8) is 0 Å². The molecular formula is C28H35N7O4. The monoisotopic (exact) mass is 533 g/mol. The lowest BCUT2D eigenvalue weighted by atomic mass is 9.57. The van der Waals surface area contributed by atoms with Gasteiger partial charge in [-0.25, -0.2) is 9.50 Å². The number of carboxylic acids is 1. The number of carboxylic acid groups (broad SMARTS) is 1. The zero-order valence-electron chi connectivity index (χ0n) is 22.3. The Bertz CT molecular complexity index is 1420. The van der Waals surface area contributed by atoms with Gasteiger partial charge in [-0.15, -0.1) is 0 Å². The van der Waals surface area contributed by atoms with Gasteiger partial charge in [0.2, 0.25) is 5.91 Å². The maximum Gasteiger partial charge on any atom is 0.319 e. The number of carbonyl (C=O) groups is 3. The molecule has 3 N–H and O–H groups in total. The van der Waals surface area contributed by atoms with Crippen molar-refractivity contribution in [3.8, 4) is 0 Å². The van der Waals surface area contributed by atoms with Crippen molar-refractivity contribution in [3.05, 3.63) is 47.7 Å². The van der Waals surface area contributed by atoms with Crippen molar-refractivity contribution in [2.24, 2.45) is 23.2 Å². The van der Waals surface area contributed by atoms with Crippen molar-refractivity contribution in [2.75, 3.05) is 0 Å². The molecule has 2 aliphatic carbocycles. The summed E-state index contributed by atoms with van der Waals surface area (Å²) in [5, 5.41) is 25.1. The van der Waals surface area contributed by atoms with E-state index in [0.29, 0.717) is 42.3 Å². The van der Waals surface area contributed by atoms with E-state index in [0.717, 1.165) is 31.4 Å². The highest BCUT2D eigenvalue weighted by molar-refractivity contribution is 6.04. The number of fused-ring (bicyclic) bond motifs is 3. The first-order chi connectivity index (χ1) is 18.8. The van der Waals surface area contributed by atoms with Crippen LogP contribution in [0.2, 0.25) is 0 Å². The summed E-state index contributed by atoms with van der Waals surface area (Å²) < 4.78 is 3.32. The van der Waals surface area contributed by atoms with E-state index in [4.69, 9.17) is 4.98 Å². The molecule has 2 bridgehead atoms. The van der Waals surface area contributed by atoms with Gasteiger partial charge in [0.05, 0.1) is 23.6 Å². The fraction of sp³-hybridized carbons (Fsp3) is 0.571. The molecule has 5 heterocycles. The van der Waals surface area contributed by atoms with E-state index in [2.05, 4.69) is 27.8 Å². The highest BCUT2D eigenvalue weighted by atomic mass is 16.4. The van der Waals surface area contributed by atoms with Gasteiger partial charge in [0.1, 0.15) is 5.69 Å². The number of hydrogen-bond acceptors (Lipinski definition) is 6. The second kappa shape index (κ2) is 9.77. The summed E-state index contributed by atoms with van der Waals surface area (Å²) in [5.41, 5.74) is 0.862. The summed E-state index contributed by atoms with van der Waals surface area (Å²) in [6.45, 7) is 4.81. The third-order valence-corrected chi connectivity index (χ3v) is 9.20. The number of imidazole rings is 1. The van der Waals surface area contributed by atoms with Crippen LogP contribution in [0.5, 0.6) is 0 Å². The summed E-state index contributed by atoms with van der Waals surface area (Å²) in [6, 6.07) is 5.08. The number of aliphatic carboxylic acids is 1. The van der Waals surface area contributed by atoms with Gasteiger partial charge >= 0.3 is 5.97 Å². The summed E-state index contributed by atoms with van der Waals surface area (Å²) >= 11 is 0. The van der Waals surface area contributed by atoms with Gasteiger partial charge in [-0.05, 0) is 68.6 Å². The second-order valence-corrected chi connectivity index (χ2v) is 11.6. The topological polar surface area (TPSA) is 144 Å². The molecule has 7 rings (SSSR count). The van der Waals surface area contributed by atoms with Crippen LogP contribution in [0.3, 0.4) is 0 Å². The van der Waals surface area contributed by atoms with E-state index in [1.807, 2.05) is 13.1 Å². The van der Waals surface area contributed by atoms with Crippen LogP contribution in [-0.4, -0.2) is 53.3 Å². The molecule has 3 aromatic rings. The average molecular weight is 534 g/mol. The maximum atomic E-state index is 13.3. The minimum Gasteiger partial charge on any atom is -0.480 e. The smallest absolute Gasteiger partial charge is 0.319 e. The fourth-order valence-corrected chi connectivity index (χ4v) is 6.72. The van der Waals surface area contributed by atoms with E-state index in [9.17, 15) is 19.5 Å². The molecule has 2 atom stereocenters. The number of nitrogens with zero attached hydrogens (tertiary/aromatic N) is 5. The quantitative estimate of drug-likeness (QED) is 0.378. The molecule has 206 valence electrons. The number of aryl methyl sites for hydroxylation is 1. The van der Waals surface area contributed by atoms with Crippen molar-refractivity contribution in [1.29, 1.82) is 0 Å². The first-order valence-electron chi connectivity index (χ1n) is 14.0. The van der Waals surface area contributed by atoms with Gasteiger partial charge in [-0.3, -0.25) is 19.1 Å². The lowest BCUT2D eigenvalue weighted by Crippen LogP contribution is -2.67. The molecule has 2 saturated carbocycles. The predicted molar refractivity (Wildman–Crippen MR) is 141 cm³/mol. The van der Waals surface area contributed by atoms with Gasteiger partial charge in [-0.1, -0.05) is 19.8 Å². The number of hydrogen-bond donors (Lipinski definition) is 3. The van der Waals surface area contributed by atoms with E-state index in [1.54, 1.807) is 33.6 Å². The second-order valence-electron chi connectivity index (χ2n) is 11.6. The Morgan fingerprint density at radius 1 is 1.21 bits per heavy atom. The van der Waals surface area contributed by atoms with Crippen LogP contribution >= 0.6 is 0 Å². The molecule has 0 aromatic carbocycles. The van der Waals surface area contributed by atoms with E-state index in [1.165, 1.54) is 0 Å². The van der Waals surface area contributed by atoms with Crippen LogP contribution in [0.25, 0.3) is 5.65 Å². The number of carbonyl (C=O) groups excluding carboxylic acids is 2. The minimum atomic E-state index is -1.50. The zero-order valence-corrected chi connectivity index (χ0v) is 22.3. The minimum absolute atomic E-state index is 0.0245. The number of piperidine rings is 2. The normalized spacial score (nSPS) is 28.9. The van der Waals surface area contributed by atoms with Crippen LogP contribution in [0.15, 0.2) is 30.6 Å². The first-order valence-corrected chi connectivity index (χ1v) is 14.0. The summed E-state index contributed by atoms with van der Waals surface area (Å²) in [5.74, 6) is -0.994. The van der Waals surface area contributed by atoms with E-state index >= 15 is 0 Å². The zero-order chi connectivity index (χ0) is 27.3. The van der Waals surface area contributed by atoms with Gasteiger partial charge in [0, 0.05) is 25.2 Å². The molecule has 11 heteroatoms. The van der Waals surface area contributed by atoms with Crippen LogP contribution in [0.1, 0.15) is 80.3 Å². The Kier molecular flexibility index (Phi) is 6.39. The Balaban J connectivity index is 1.30. The average Bonchev–Trinajstić information content (AvgIpc) is 3.55. The highest BCUT2D eigenvalue weighted by Gasteiger charge is 2.61. The van der Waals surface area contributed by atoms with Crippen molar-refractivity contribution < 1.29 is 19.5 Å². The maximum absolute atomic E-state index is 13.3. The van der Waals surface area contributed by atoms with Crippen molar-refractivity contribution in [2.45, 2.75) is 77.4 Å². The van der Waals surface area contributed by atoms with Crippen LogP contribution < -0.4 is 10.6 Å². The molecule has 0 radical (unpaired) electrons. The number of amides is 2. The lowest BCUT2D eigenvalue weighted by Gasteiger charge is -2.51. The third kappa shape index (κ3) is 4.37. The van der Waals surface area contributed by atoms with Crippen LogP contribution in [0.4, 0.5) is 0 Å². The molecule has 2 aliphatic heterocycles. The largest absolute Gasteiger partial charge is 0.480 e. The Hall–Kier alpha value is -3.76. The molecule has 3 aromatic heterocycles. The summed E-state index contributed by atoms with van der Waals surface area (Å²) in [6.07, 6.45) is 9.04. The highest BCUT2D eigenvalue weighted by Crippen LogP contribution is 2.49. The number of nitrogens with one attached hydrogen (secondary N) is 2. The predicted octanol–water partition coefficient (Wildman–Crippen LogP) is 2.76. The van der Waals surface area contributed by atoms with Crippen molar-refractivity contribution in [1.82, 2.24) is 35.0 Å². The van der Waals surface area contributed by atoms with Gasteiger partial charge < -0.3 is 15.7 Å². The molecule has 39 heavy (non-hydrogen) atoms. The molecule has 4 fully saturated rings. The van der Waals surface area contributed by atoms with E-state index < -0.39 is 17.3 Å². The van der Waals surface area contributed by atoms with Gasteiger partial charge in [0.15, 0.2) is 11.1 Å². The van der Waals surface area contributed by atoms with Crippen molar-refractivity contribution >= 4 is 23.4 Å². The molecule has 2 amide bonds. The standard InChI is InChI=1S/C28H35N7O4/c1-3-34-22(10-11-29-34)25(36)32-24(17-6-4-16(2)5-7-17)21-15-35-23(31-21)9-8-19(33-35)14-28(27(38)39)18-12-20(13-18)30-26(28)37/h8-11,15-18,20,24H,3-7,12-14H2,1-2H3,(H,30,37)(H,32,36)(H,38,39)/t16?,17?,18?,20?,24-,28-/m0/s1. The molecule has 0 spiro atoms. The molecular weight excluding hydrogens is 498 g/mol. The van der Waals surface area contributed by atoms with E-state index in [-0.39, 0.29) is 36.2 Å². The molecule has 0 unspecified atom stereocenters. The fourth-order valence-electron chi connectivity index (χ4n) is 6.72. The molecule has 4 aliphatic rings. The van der Waals surface area contributed by atoms with Crippen LogP contribution in [0, 0.1) is 23.2 Å². The van der Waals surface area contributed by atoms with Crippen LogP contribution in [-0.2, 0) is 22.6 Å². The number of rotatable bonds is 8. The Morgan fingerprint density at radius 2 is 1.97 bits per heavy atom. The molecule has 11 nitrogen and oxygen atoms in total. The summed E-state index contributed by atoms with van der Waals surface area (Å²) in [4.78, 5) is 43.3. The van der Waals surface area contributed by atoms with Gasteiger partial charge in [0.25, 0.3) is 5.91 Å². The third-order valence-electron chi connectivity index (χ3n) is 9.20. The van der Waals surface area contributed by atoms with Gasteiger partial charge in [-0.2, -0.15) is 10.2 Å². The SMILES string of the molecule is CCn1nccc1C(=O)N[C@H](c1cn2nc(C[C@@]3(C(=O)O)C(=O)NC4CC3C4)ccc2n1)C1CCC(C)CC1. The number of aromatic nitrogens is 5. The Labute approximate surface area is 226 Å². The first kappa shape index (κ1) is 25.5. The summed E-state index contributed by atoms with van der Waals surface area (Å²) in [7, 11) is 0. The lowest BCUT2D eigenvalue weighted by molar-refractivity contribution is -0.170.